The van der Waals surface area contributed by atoms with Gasteiger partial charge in [0.25, 0.3) is 0 Å². The second-order valence-electron chi connectivity index (χ2n) is 6.48. The van der Waals surface area contributed by atoms with Crippen molar-refractivity contribution in [1.29, 1.82) is 0 Å². The molecule has 2 rings (SSSR count). The minimum Gasteiger partial charge on any atom is -0.338 e. The molecule has 4 nitrogen and oxygen atoms in total. The molecule has 0 spiro atoms. The van der Waals surface area contributed by atoms with Crippen molar-refractivity contribution >= 4 is 5.91 Å². The Kier molecular flexibility index (Phi) is 5.22. The molecule has 0 aromatic heterocycles. The minimum atomic E-state index is 0.219. The van der Waals surface area contributed by atoms with E-state index in [1.165, 1.54) is 19.3 Å². The average Bonchev–Trinajstić information content (AvgIpc) is 2.83. The highest BCUT2D eigenvalue weighted by Crippen LogP contribution is 2.20. The van der Waals surface area contributed by atoms with Crippen molar-refractivity contribution < 1.29 is 4.79 Å². The molecule has 4 heteroatoms. The molecule has 0 radical (unpaired) electrons. The van der Waals surface area contributed by atoms with Gasteiger partial charge in [-0.05, 0) is 53.2 Å². The third kappa shape index (κ3) is 3.93. The fraction of sp³-hybridized carbons (Fsp3) is 0.933. The van der Waals surface area contributed by atoms with E-state index in [-0.39, 0.29) is 5.92 Å². The molecule has 110 valence electrons. The number of nitrogens with one attached hydrogen (secondary N) is 1. The van der Waals surface area contributed by atoms with Crippen LogP contribution in [0.4, 0.5) is 0 Å². The SMILES string of the molecule is CC(C)N(CC1CCCCN1)C(=O)C1CCN(C)C1. The first-order valence-corrected chi connectivity index (χ1v) is 7.80. The summed E-state index contributed by atoms with van der Waals surface area (Å²) in [6.45, 7) is 8.26. The molecule has 2 aliphatic heterocycles. The van der Waals surface area contributed by atoms with E-state index < -0.39 is 0 Å². The highest BCUT2D eigenvalue weighted by Gasteiger charge is 2.32. The van der Waals surface area contributed by atoms with Gasteiger partial charge in [-0.3, -0.25) is 4.79 Å². The highest BCUT2D eigenvalue weighted by atomic mass is 16.2. The summed E-state index contributed by atoms with van der Waals surface area (Å²) in [5.74, 6) is 0.586. The zero-order valence-corrected chi connectivity index (χ0v) is 12.7. The number of piperidine rings is 1. The van der Waals surface area contributed by atoms with Crippen molar-refractivity contribution in [3.8, 4) is 0 Å². The van der Waals surface area contributed by atoms with E-state index in [1.54, 1.807) is 0 Å². The lowest BCUT2D eigenvalue weighted by Gasteiger charge is -2.34. The van der Waals surface area contributed by atoms with Gasteiger partial charge in [-0.15, -0.1) is 0 Å². The summed E-state index contributed by atoms with van der Waals surface area (Å²) in [5.41, 5.74) is 0. The maximum Gasteiger partial charge on any atom is 0.227 e. The topological polar surface area (TPSA) is 35.6 Å². The summed E-state index contributed by atoms with van der Waals surface area (Å²) in [7, 11) is 2.11. The molecule has 2 unspecified atom stereocenters. The van der Waals surface area contributed by atoms with E-state index in [2.05, 4.69) is 36.0 Å². The molecule has 0 bridgehead atoms. The summed E-state index contributed by atoms with van der Waals surface area (Å²) in [6.07, 6.45) is 4.81. The van der Waals surface area contributed by atoms with Crippen LogP contribution >= 0.6 is 0 Å². The molecule has 2 aliphatic rings. The quantitative estimate of drug-likeness (QED) is 0.834. The first kappa shape index (κ1) is 14.8. The Morgan fingerprint density at radius 2 is 2.16 bits per heavy atom. The van der Waals surface area contributed by atoms with Gasteiger partial charge in [-0.2, -0.15) is 0 Å². The standard InChI is InChI=1S/C15H29N3O/c1-12(2)18(11-14-6-4-5-8-16-14)15(19)13-7-9-17(3)10-13/h12-14,16H,4-11H2,1-3H3. The van der Waals surface area contributed by atoms with Crippen LogP contribution in [-0.2, 0) is 4.79 Å². The summed E-state index contributed by atoms with van der Waals surface area (Å²) in [4.78, 5) is 17.0. The van der Waals surface area contributed by atoms with Crippen LogP contribution < -0.4 is 5.32 Å². The second kappa shape index (κ2) is 6.71. The van der Waals surface area contributed by atoms with Gasteiger partial charge in [0.2, 0.25) is 5.91 Å². The molecule has 0 aromatic carbocycles. The van der Waals surface area contributed by atoms with Crippen molar-refractivity contribution in [1.82, 2.24) is 15.1 Å². The number of rotatable bonds is 4. The summed E-state index contributed by atoms with van der Waals surface area (Å²) in [6, 6.07) is 0.807. The van der Waals surface area contributed by atoms with Crippen LogP contribution in [0.1, 0.15) is 39.5 Å². The van der Waals surface area contributed by atoms with Gasteiger partial charge in [0.05, 0.1) is 5.92 Å². The predicted molar refractivity (Wildman–Crippen MR) is 78.1 cm³/mol. The Morgan fingerprint density at radius 3 is 2.68 bits per heavy atom. The first-order chi connectivity index (χ1) is 9.08. The van der Waals surface area contributed by atoms with Gasteiger partial charge >= 0.3 is 0 Å². The van der Waals surface area contributed by atoms with Crippen LogP contribution in [0.5, 0.6) is 0 Å². The number of amides is 1. The Bertz CT molecular complexity index is 300. The summed E-state index contributed by atoms with van der Waals surface area (Å²) < 4.78 is 0. The highest BCUT2D eigenvalue weighted by molar-refractivity contribution is 5.79. The van der Waals surface area contributed by atoms with Crippen molar-refractivity contribution in [2.45, 2.75) is 51.6 Å². The van der Waals surface area contributed by atoms with Gasteiger partial charge < -0.3 is 15.1 Å². The molecule has 1 N–H and O–H groups in total. The summed E-state index contributed by atoms with van der Waals surface area (Å²) >= 11 is 0. The number of nitrogens with zero attached hydrogens (tertiary/aromatic N) is 2. The van der Waals surface area contributed by atoms with Gasteiger partial charge in [0.15, 0.2) is 0 Å². The van der Waals surface area contributed by atoms with Crippen LogP contribution in [0, 0.1) is 5.92 Å². The van der Waals surface area contributed by atoms with E-state index in [0.29, 0.717) is 18.0 Å². The lowest BCUT2D eigenvalue weighted by molar-refractivity contribution is -0.137. The van der Waals surface area contributed by atoms with Crippen LogP contribution in [0.3, 0.4) is 0 Å². The lowest BCUT2D eigenvalue weighted by atomic mass is 10.0. The molecule has 2 saturated heterocycles. The van der Waals surface area contributed by atoms with Gasteiger partial charge in [-0.25, -0.2) is 0 Å². The molecule has 2 fully saturated rings. The molecular formula is C15H29N3O. The zero-order chi connectivity index (χ0) is 13.8. The molecular weight excluding hydrogens is 238 g/mol. The van der Waals surface area contributed by atoms with Gasteiger partial charge in [-0.1, -0.05) is 6.42 Å². The third-order valence-corrected chi connectivity index (χ3v) is 4.48. The molecule has 1 amide bonds. The molecule has 0 aromatic rings. The Balaban J connectivity index is 1.92. The fourth-order valence-corrected chi connectivity index (χ4v) is 3.24. The third-order valence-electron chi connectivity index (χ3n) is 4.48. The van der Waals surface area contributed by atoms with E-state index >= 15 is 0 Å². The van der Waals surface area contributed by atoms with Gasteiger partial charge in [0.1, 0.15) is 0 Å². The Morgan fingerprint density at radius 1 is 1.37 bits per heavy atom. The van der Waals surface area contributed by atoms with Crippen LogP contribution in [0.2, 0.25) is 0 Å². The van der Waals surface area contributed by atoms with E-state index in [9.17, 15) is 4.79 Å². The fourth-order valence-electron chi connectivity index (χ4n) is 3.24. The predicted octanol–water partition coefficient (Wildman–Crippen LogP) is 1.32. The second-order valence-corrected chi connectivity index (χ2v) is 6.48. The smallest absolute Gasteiger partial charge is 0.227 e. The van der Waals surface area contributed by atoms with Crippen molar-refractivity contribution in [3.05, 3.63) is 0 Å². The van der Waals surface area contributed by atoms with Crippen LogP contribution in [-0.4, -0.2) is 61.0 Å². The number of carbonyl (C=O) groups is 1. The van der Waals surface area contributed by atoms with Crippen molar-refractivity contribution in [2.24, 2.45) is 5.92 Å². The van der Waals surface area contributed by atoms with Crippen molar-refractivity contribution in [2.75, 3.05) is 33.2 Å². The number of hydrogen-bond donors (Lipinski definition) is 1. The molecule has 0 saturated carbocycles. The monoisotopic (exact) mass is 267 g/mol. The molecule has 0 aliphatic carbocycles. The maximum absolute atomic E-state index is 12.7. The van der Waals surface area contributed by atoms with E-state index in [0.717, 1.165) is 32.6 Å². The normalized spacial score (nSPS) is 28.8. The van der Waals surface area contributed by atoms with E-state index in [4.69, 9.17) is 0 Å². The Labute approximate surface area is 117 Å². The van der Waals surface area contributed by atoms with Gasteiger partial charge in [0, 0.05) is 25.2 Å². The van der Waals surface area contributed by atoms with E-state index in [1.807, 2.05) is 0 Å². The number of carbonyl (C=O) groups excluding carboxylic acids is 1. The minimum absolute atomic E-state index is 0.219. The van der Waals surface area contributed by atoms with Crippen molar-refractivity contribution in [3.63, 3.8) is 0 Å². The molecule has 19 heavy (non-hydrogen) atoms. The number of hydrogen-bond acceptors (Lipinski definition) is 3. The number of likely N-dealkylation sites (tertiary alicyclic amines) is 1. The van der Waals surface area contributed by atoms with Crippen LogP contribution in [0.25, 0.3) is 0 Å². The molecule has 2 atom stereocenters. The Hall–Kier alpha value is -0.610. The lowest BCUT2D eigenvalue weighted by Crippen LogP contribution is -2.50. The first-order valence-electron chi connectivity index (χ1n) is 7.80. The zero-order valence-electron chi connectivity index (χ0n) is 12.7. The molecule has 2 heterocycles. The van der Waals surface area contributed by atoms with Crippen LogP contribution in [0.15, 0.2) is 0 Å². The summed E-state index contributed by atoms with van der Waals surface area (Å²) in [5, 5.41) is 3.55. The largest absolute Gasteiger partial charge is 0.338 e. The maximum atomic E-state index is 12.7. The average molecular weight is 267 g/mol.